The fourth-order valence-corrected chi connectivity index (χ4v) is 3.58. The average molecular weight is 352 g/mol. The Morgan fingerprint density at radius 1 is 0.960 bits per heavy atom. The van der Waals surface area contributed by atoms with Gasteiger partial charge in [-0.25, -0.2) is 0 Å². The van der Waals surface area contributed by atoms with Crippen molar-refractivity contribution in [3.63, 3.8) is 0 Å². The summed E-state index contributed by atoms with van der Waals surface area (Å²) in [6.45, 7) is 0. The zero-order valence-corrected chi connectivity index (χ0v) is 15.4. The Bertz CT molecular complexity index is 694. The Balaban J connectivity index is 1.73. The molecule has 3 heteroatoms. The van der Waals surface area contributed by atoms with Crippen molar-refractivity contribution in [1.29, 1.82) is 0 Å². The van der Waals surface area contributed by atoms with Crippen molar-refractivity contribution in [3.05, 3.63) is 60.2 Å². The Labute approximate surface area is 154 Å². The van der Waals surface area contributed by atoms with Crippen LogP contribution < -0.4 is 4.74 Å². The first-order valence-corrected chi connectivity index (χ1v) is 9.68. The molecule has 2 aromatic carbocycles. The van der Waals surface area contributed by atoms with E-state index in [1.807, 2.05) is 42.5 Å². The minimum absolute atomic E-state index is 0.190. The summed E-state index contributed by atoms with van der Waals surface area (Å²) in [6.07, 6.45) is 6.24. The van der Waals surface area contributed by atoms with Crippen LogP contribution in [-0.4, -0.2) is 13.2 Å². The minimum atomic E-state index is -0.190. The van der Waals surface area contributed by atoms with Gasteiger partial charge in [-0.1, -0.05) is 55.5 Å². The smallest absolute Gasteiger partial charge is 0.144 e. The Morgan fingerprint density at radius 2 is 1.68 bits per heavy atom. The first-order valence-electron chi connectivity index (χ1n) is 8.87. The molecule has 0 amide bonds. The molecule has 0 radical (unpaired) electrons. The topological polar surface area (TPSA) is 18.5 Å². The second-order valence-corrected chi connectivity index (χ2v) is 7.09. The van der Waals surface area contributed by atoms with Crippen molar-refractivity contribution in [3.8, 4) is 16.9 Å². The number of thioether (sulfide) groups is 1. The van der Waals surface area contributed by atoms with E-state index in [0.717, 1.165) is 29.1 Å². The lowest BCUT2D eigenvalue weighted by molar-refractivity contribution is -0.00376. The molecule has 1 atom stereocenters. The summed E-state index contributed by atoms with van der Waals surface area (Å²) in [5.74, 6) is 4.17. The van der Waals surface area contributed by atoms with Crippen molar-refractivity contribution < 1.29 is 9.47 Å². The number of ether oxygens (including phenoxy) is 2. The van der Waals surface area contributed by atoms with Gasteiger partial charge in [0.15, 0.2) is 0 Å². The van der Waals surface area contributed by atoms with Crippen LogP contribution in [0, 0.1) is 11.2 Å². The standard InChI is InChI=1S/C22H24O2S/c1-23-19-14-12-18(13-15-19)22(24-20-8-4-2-5-9-20)16-17-25-21-10-6-3-7-11-21/h3,6-7,10-15,20,22H,2,4-5,8-9H2,1H3. The van der Waals surface area contributed by atoms with Gasteiger partial charge in [0.2, 0.25) is 0 Å². The monoisotopic (exact) mass is 352 g/mol. The molecule has 1 unspecified atom stereocenters. The zero-order valence-electron chi connectivity index (χ0n) is 14.6. The van der Waals surface area contributed by atoms with Gasteiger partial charge in [0.05, 0.1) is 13.2 Å². The van der Waals surface area contributed by atoms with Gasteiger partial charge in [0.25, 0.3) is 0 Å². The number of hydrogen-bond acceptors (Lipinski definition) is 3. The van der Waals surface area contributed by atoms with Crippen LogP contribution in [0.4, 0.5) is 0 Å². The first kappa shape index (κ1) is 17.9. The number of hydrogen-bond donors (Lipinski definition) is 0. The normalized spacial score (nSPS) is 15.9. The van der Waals surface area contributed by atoms with E-state index in [4.69, 9.17) is 9.47 Å². The summed E-state index contributed by atoms with van der Waals surface area (Å²) in [5, 5.41) is 3.23. The average Bonchev–Trinajstić information content (AvgIpc) is 2.69. The van der Waals surface area contributed by atoms with Gasteiger partial charge in [-0.15, -0.1) is 0 Å². The van der Waals surface area contributed by atoms with Crippen molar-refractivity contribution >= 4 is 11.8 Å². The van der Waals surface area contributed by atoms with Crippen molar-refractivity contribution in [1.82, 2.24) is 0 Å². The van der Waals surface area contributed by atoms with Crippen LogP contribution in [0.3, 0.4) is 0 Å². The molecule has 1 saturated carbocycles. The molecule has 2 nitrogen and oxygen atoms in total. The molecule has 0 heterocycles. The molecule has 0 aliphatic heterocycles. The maximum atomic E-state index is 6.36. The van der Waals surface area contributed by atoms with Crippen LogP contribution >= 0.6 is 11.8 Å². The second kappa shape index (κ2) is 9.56. The number of benzene rings is 2. The van der Waals surface area contributed by atoms with Crippen molar-refractivity contribution in [2.24, 2.45) is 0 Å². The molecular formula is C22H24O2S. The Morgan fingerprint density at radius 3 is 2.36 bits per heavy atom. The molecule has 0 spiro atoms. The van der Waals surface area contributed by atoms with Gasteiger partial charge in [0.1, 0.15) is 11.9 Å². The third kappa shape index (κ3) is 5.56. The van der Waals surface area contributed by atoms with Gasteiger partial charge < -0.3 is 9.47 Å². The van der Waals surface area contributed by atoms with E-state index in [0.29, 0.717) is 6.10 Å². The van der Waals surface area contributed by atoms with Crippen molar-refractivity contribution in [2.75, 3.05) is 7.11 Å². The lowest BCUT2D eigenvalue weighted by Crippen LogP contribution is -2.19. The first-order chi connectivity index (χ1) is 12.3. The van der Waals surface area contributed by atoms with Gasteiger partial charge >= 0.3 is 0 Å². The highest BCUT2D eigenvalue weighted by molar-refractivity contribution is 8.03. The van der Waals surface area contributed by atoms with Crippen LogP contribution in [0.15, 0.2) is 59.5 Å². The molecule has 0 aromatic heterocycles. The van der Waals surface area contributed by atoms with E-state index in [-0.39, 0.29) is 6.10 Å². The molecule has 130 valence electrons. The molecule has 3 rings (SSSR count). The quantitative estimate of drug-likeness (QED) is 0.497. The number of methoxy groups -OCH3 is 1. The molecule has 1 aliphatic carbocycles. The summed E-state index contributed by atoms with van der Waals surface area (Å²) in [6, 6.07) is 18.3. The molecule has 1 aliphatic rings. The highest BCUT2D eigenvalue weighted by Gasteiger charge is 2.19. The van der Waals surface area contributed by atoms with E-state index in [2.05, 4.69) is 23.3 Å². The fourth-order valence-electron chi connectivity index (χ4n) is 3.00. The number of rotatable bonds is 5. The third-order valence-corrected chi connectivity index (χ3v) is 5.13. The zero-order chi connectivity index (χ0) is 17.3. The van der Waals surface area contributed by atoms with E-state index >= 15 is 0 Å². The molecule has 0 saturated heterocycles. The summed E-state index contributed by atoms with van der Waals surface area (Å²) in [7, 11) is 1.68. The van der Waals surface area contributed by atoms with Gasteiger partial charge in [-0.05, 0) is 59.7 Å². The maximum Gasteiger partial charge on any atom is 0.144 e. The molecule has 0 bridgehead atoms. The minimum Gasteiger partial charge on any atom is -0.497 e. The van der Waals surface area contributed by atoms with Gasteiger partial charge in [0, 0.05) is 4.90 Å². The highest BCUT2D eigenvalue weighted by Crippen LogP contribution is 2.28. The molecule has 0 N–H and O–H groups in total. The van der Waals surface area contributed by atoms with Crippen molar-refractivity contribution in [2.45, 2.75) is 49.2 Å². The largest absolute Gasteiger partial charge is 0.497 e. The van der Waals surface area contributed by atoms with Gasteiger partial charge in [-0.3, -0.25) is 0 Å². The maximum absolute atomic E-state index is 6.36. The van der Waals surface area contributed by atoms with Crippen LogP contribution in [0.5, 0.6) is 5.75 Å². The molecule has 25 heavy (non-hydrogen) atoms. The summed E-state index contributed by atoms with van der Waals surface area (Å²) < 4.78 is 11.6. The summed E-state index contributed by atoms with van der Waals surface area (Å²) >= 11 is 1.55. The molecule has 2 aromatic rings. The van der Waals surface area contributed by atoms with E-state index in [9.17, 15) is 0 Å². The SMILES string of the molecule is COc1ccc(C(C#CSc2ccccc2)OC2CCCCC2)cc1. The summed E-state index contributed by atoms with van der Waals surface area (Å²) in [4.78, 5) is 1.15. The predicted octanol–water partition coefficient (Wildman–Crippen LogP) is 5.84. The highest BCUT2D eigenvalue weighted by atomic mass is 32.2. The van der Waals surface area contributed by atoms with Gasteiger partial charge in [-0.2, -0.15) is 0 Å². The van der Waals surface area contributed by atoms with E-state index in [1.54, 1.807) is 18.9 Å². The lowest BCUT2D eigenvalue weighted by atomic mass is 9.97. The van der Waals surface area contributed by atoms with E-state index in [1.165, 1.54) is 19.3 Å². The third-order valence-electron chi connectivity index (χ3n) is 4.40. The van der Waals surface area contributed by atoms with E-state index < -0.39 is 0 Å². The van der Waals surface area contributed by atoms with Crippen LogP contribution in [0.1, 0.15) is 43.8 Å². The summed E-state index contributed by atoms with van der Waals surface area (Å²) in [5.41, 5.74) is 1.09. The second-order valence-electron chi connectivity index (χ2n) is 6.21. The van der Waals surface area contributed by atoms with Crippen LogP contribution in [-0.2, 0) is 4.74 Å². The fraction of sp³-hybridized carbons (Fsp3) is 0.364. The molecular weight excluding hydrogens is 328 g/mol. The predicted molar refractivity (Wildman–Crippen MR) is 104 cm³/mol. The van der Waals surface area contributed by atoms with Crippen LogP contribution in [0.2, 0.25) is 0 Å². The van der Waals surface area contributed by atoms with Crippen LogP contribution in [0.25, 0.3) is 0 Å². The molecule has 1 fully saturated rings. The lowest BCUT2D eigenvalue weighted by Gasteiger charge is -2.25. The Hall–Kier alpha value is -1.89. The Kier molecular flexibility index (Phi) is 6.85.